The molecule has 0 aromatic heterocycles. The van der Waals surface area contributed by atoms with Crippen LogP contribution in [0.2, 0.25) is 0 Å². The second-order valence-electron chi connectivity index (χ2n) is 5.21. The van der Waals surface area contributed by atoms with E-state index in [4.69, 9.17) is 0 Å². The third-order valence-electron chi connectivity index (χ3n) is 4.22. The average Bonchev–Trinajstić information content (AvgIpc) is 2.25. The molecule has 0 spiro atoms. The lowest BCUT2D eigenvalue weighted by molar-refractivity contribution is -0.0712. The lowest BCUT2D eigenvalue weighted by Gasteiger charge is -2.42. The van der Waals surface area contributed by atoms with Crippen molar-refractivity contribution in [1.82, 2.24) is 0 Å². The summed E-state index contributed by atoms with van der Waals surface area (Å²) >= 11 is 0. The molecule has 1 nitrogen and oxygen atoms in total. The van der Waals surface area contributed by atoms with Crippen molar-refractivity contribution in [3.05, 3.63) is 35.4 Å². The summed E-state index contributed by atoms with van der Waals surface area (Å²) in [5, 5.41) is 10.7. The Morgan fingerprint density at radius 1 is 1.29 bits per heavy atom. The summed E-state index contributed by atoms with van der Waals surface area (Å²) in [6.45, 7) is 4.00. The summed E-state index contributed by atoms with van der Waals surface area (Å²) in [6, 6.07) is 3.43. The summed E-state index contributed by atoms with van der Waals surface area (Å²) in [5.41, 5.74) is -0.923. The third-order valence-corrected chi connectivity index (χ3v) is 4.22. The Kier molecular flexibility index (Phi) is 3.21. The van der Waals surface area contributed by atoms with Gasteiger partial charge in [0.15, 0.2) is 0 Å². The van der Waals surface area contributed by atoms with Crippen LogP contribution < -0.4 is 0 Å². The van der Waals surface area contributed by atoms with Gasteiger partial charge in [0, 0.05) is 11.6 Å². The molecule has 3 unspecified atom stereocenters. The average molecular weight is 240 g/mol. The molecule has 0 saturated heterocycles. The number of hydrogen-bond donors (Lipinski definition) is 1. The maximum absolute atomic E-state index is 13.8. The normalized spacial score (nSPS) is 33.7. The lowest BCUT2D eigenvalue weighted by Crippen LogP contribution is -2.41. The molecule has 0 bridgehead atoms. The van der Waals surface area contributed by atoms with Gasteiger partial charge in [-0.15, -0.1) is 0 Å². The van der Waals surface area contributed by atoms with Gasteiger partial charge in [-0.25, -0.2) is 8.78 Å². The molecule has 0 radical (unpaired) electrons. The first-order chi connectivity index (χ1) is 7.95. The summed E-state index contributed by atoms with van der Waals surface area (Å²) in [5.74, 6) is -0.922. The molecular formula is C14H18F2O. The third kappa shape index (κ3) is 2.08. The first-order valence-electron chi connectivity index (χ1n) is 6.13. The molecule has 3 atom stereocenters. The van der Waals surface area contributed by atoms with E-state index in [1.807, 2.05) is 6.92 Å². The van der Waals surface area contributed by atoms with Crippen molar-refractivity contribution in [3.8, 4) is 0 Å². The van der Waals surface area contributed by atoms with Crippen molar-refractivity contribution in [2.45, 2.75) is 38.7 Å². The Labute approximate surface area is 100 Å². The Hall–Kier alpha value is -0.960. The highest BCUT2D eigenvalue weighted by molar-refractivity contribution is 5.26. The maximum atomic E-state index is 13.8. The molecule has 2 rings (SSSR count). The van der Waals surface area contributed by atoms with Crippen molar-refractivity contribution >= 4 is 0 Å². The molecule has 0 aliphatic heterocycles. The van der Waals surface area contributed by atoms with Crippen molar-refractivity contribution < 1.29 is 13.9 Å². The Morgan fingerprint density at radius 2 is 2.00 bits per heavy atom. The van der Waals surface area contributed by atoms with E-state index < -0.39 is 17.2 Å². The standard InChI is InChI=1S/C14H18F2O/c1-9-4-3-7-14(17,10(9)2)12-6-5-11(15)8-13(12)16/h5-6,8-10,17H,3-4,7H2,1-2H3. The predicted molar refractivity (Wildman–Crippen MR) is 62.4 cm³/mol. The van der Waals surface area contributed by atoms with Crippen molar-refractivity contribution in [2.24, 2.45) is 11.8 Å². The minimum atomic E-state index is -1.16. The molecule has 1 aromatic carbocycles. The molecular weight excluding hydrogens is 222 g/mol. The van der Waals surface area contributed by atoms with Crippen LogP contribution in [-0.4, -0.2) is 5.11 Å². The molecule has 94 valence electrons. The van der Waals surface area contributed by atoms with Crippen LogP contribution in [0.5, 0.6) is 0 Å². The summed E-state index contributed by atoms with van der Waals surface area (Å²) < 4.78 is 26.7. The minimum absolute atomic E-state index is 0.0174. The molecule has 1 aliphatic carbocycles. The van der Waals surface area contributed by atoms with Crippen LogP contribution in [0.25, 0.3) is 0 Å². The summed E-state index contributed by atoms with van der Waals surface area (Å²) in [4.78, 5) is 0. The van der Waals surface area contributed by atoms with Gasteiger partial charge in [-0.05, 0) is 30.7 Å². The van der Waals surface area contributed by atoms with Gasteiger partial charge in [-0.1, -0.05) is 26.3 Å². The van der Waals surface area contributed by atoms with Crippen LogP contribution in [0.4, 0.5) is 8.78 Å². The first kappa shape index (κ1) is 12.5. The van der Waals surface area contributed by atoms with Crippen molar-refractivity contribution in [1.29, 1.82) is 0 Å². The molecule has 3 heteroatoms. The zero-order chi connectivity index (χ0) is 12.6. The monoisotopic (exact) mass is 240 g/mol. The van der Waals surface area contributed by atoms with E-state index in [0.717, 1.165) is 18.9 Å². The Bertz CT molecular complexity index is 419. The second-order valence-corrected chi connectivity index (χ2v) is 5.21. The van der Waals surface area contributed by atoms with Crippen LogP contribution in [0.3, 0.4) is 0 Å². The van der Waals surface area contributed by atoms with E-state index >= 15 is 0 Å². The second kappa shape index (κ2) is 4.37. The highest BCUT2D eigenvalue weighted by Gasteiger charge is 2.42. The van der Waals surface area contributed by atoms with Gasteiger partial charge >= 0.3 is 0 Å². The van der Waals surface area contributed by atoms with E-state index in [9.17, 15) is 13.9 Å². The zero-order valence-electron chi connectivity index (χ0n) is 10.2. The molecule has 1 fully saturated rings. The number of aliphatic hydroxyl groups is 1. The van der Waals surface area contributed by atoms with Gasteiger partial charge in [-0.3, -0.25) is 0 Å². The molecule has 0 heterocycles. The highest BCUT2D eigenvalue weighted by atomic mass is 19.1. The number of benzene rings is 1. The molecule has 1 aromatic rings. The Balaban J connectivity index is 2.42. The van der Waals surface area contributed by atoms with Crippen LogP contribution in [0.15, 0.2) is 18.2 Å². The molecule has 1 saturated carbocycles. The largest absolute Gasteiger partial charge is 0.385 e. The Morgan fingerprint density at radius 3 is 2.65 bits per heavy atom. The fraction of sp³-hybridized carbons (Fsp3) is 0.571. The smallest absolute Gasteiger partial charge is 0.132 e. The first-order valence-corrected chi connectivity index (χ1v) is 6.13. The number of hydrogen-bond acceptors (Lipinski definition) is 1. The van der Waals surface area contributed by atoms with Crippen molar-refractivity contribution in [2.75, 3.05) is 0 Å². The van der Waals surface area contributed by atoms with E-state index in [1.165, 1.54) is 12.1 Å². The van der Waals surface area contributed by atoms with Crippen LogP contribution in [0, 0.1) is 23.5 Å². The van der Waals surface area contributed by atoms with E-state index in [0.29, 0.717) is 12.3 Å². The van der Waals surface area contributed by atoms with Gasteiger partial charge in [0.2, 0.25) is 0 Å². The van der Waals surface area contributed by atoms with Gasteiger partial charge in [0.25, 0.3) is 0 Å². The van der Waals surface area contributed by atoms with E-state index in [2.05, 4.69) is 6.92 Å². The highest BCUT2D eigenvalue weighted by Crippen LogP contribution is 2.45. The number of rotatable bonds is 1. The van der Waals surface area contributed by atoms with E-state index in [-0.39, 0.29) is 11.5 Å². The number of halogens is 2. The van der Waals surface area contributed by atoms with Gasteiger partial charge in [0.1, 0.15) is 11.6 Å². The summed E-state index contributed by atoms with van der Waals surface area (Å²) in [7, 11) is 0. The fourth-order valence-corrected chi connectivity index (χ4v) is 2.86. The van der Waals surface area contributed by atoms with Crippen molar-refractivity contribution in [3.63, 3.8) is 0 Å². The SMILES string of the molecule is CC1CCCC(O)(c2ccc(F)cc2F)C1C. The molecule has 17 heavy (non-hydrogen) atoms. The quantitative estimate of drug-likeness (QED) is 0.795. The maximum Gasteiger partial charge on any atom is 0.132 e. The van der Waals surface area contributed by atoms with Crippen LogP contribution in [0.1, 0.15) is 38.7 Å². The summed E-state index contributed by atoms with van der Waals surface area (Å²) in [6.07, 6.45) is 2.46. The molecule has 1 N–H and O–H groups in total. The fourth-order valence-electron chi connectivity index (χ4n) is 2.86. The molecule has 1 aliphatic rings. The van der Waals surface area contributed by atoms with E-state index in [1.54, 1.807) is 0 Å². The predicted octanol–water partition coefficient (Wildman–Crippen LogP) is 3.61. The topological polar surface area (TPSA) is 20.2 Å². The lowest BCUT2D eigenvalue weighted by atomic mass is 9.67. The van der Waals surface area contributed by atoms with Crippen LogP contribution in [-0.2, 0) is 5.60 Å². The van der Waals surface area contributed by atoms with Gasteiger partial charge < -0.3 is 5.11 Å². The van der Waals surface area contributed by atoms with Gasteiger partial charge in [-0.2, -0.15) is 0 Å². The van der Waals surface area contributed by atoms with Crippen LogP contribution >= 0.6 is 0 Å². The van der Waals surface area contributed by atoms with Gasteiger partial charge in [0.05, 0.1) is 5.60 Å². The zero-order valence-corrected chi connectivity index (χ0v) is 10.2. The minimum Gasteiger partial charge on any atom is -0.385 e. The molecule has 0 amide bonds.